The minimum Gasteiger partial charge on any atom is -0.381 e. The van der Waals surface area contributed by atoms with Crippen molar-refractivity contribution in [3.05, 3.63) is 24.0 Å². The van der Waals surface area contributed by atoms with Crippen LogP contribution in [0.4, 0.5) is 5.69 Å². The Bertz CT molecular complexity index is 377. The molecule has 1 aromatic rings. The van der Waals surface area contributed by atoms with Gasteiger partial charge in [0.25, 0.3) is 0 Å². The molecule has 1 saturated heterocycles. The van der Waals surface area contributed by atoms with E-state index in [0.717, 1.165) is 38.8 Å². The minimum absolute atomic E-state index is 0.742. The second-order valence-electron chi connectivity index (χ2n) is 5.22. The lowest BCUT2D eigenvalue weighted by molar-refractivity contribution is 0.0685. The quantitative estimate of drug-likeness (QED) is 0.852. The highest BCUT2D eigenvalue weighted by atomic mass is 16.5. The molecule has 0 saturated carbocycles. The number of hydrogen-bond acceptors (Lipinski definition) is 4. The maximum Gasteiger partial charge on any atom is 0.0595 e. The van der Waals surface area contributed by atoms with E-state index in [1.807, 2.05) is 12.4 Å². The molecule has 1 aliphatic rings. The van der Waals surface area contributed by atoms with Gasteiger partial charge in [0.1, 0.15) is 0 Å². The van der Waals surface area contributed by atoms with Crippen LogP contribution in [0, 0.1) is 5.92 Å². The molecule has 19 heavy (non-hydrogen) atoms. The molecule has 1 N–H and O–H groups in total. The molecule has 2 rings (SSSR count). The highest BCUT2D eigenvalue weighted by molar-refractivity contribution is 5.51. The van der Waals surface area contributed by atoms with Crippen LogP contribution in [-0.2, 0) is 11.3 Å². The summed E-state index contributed by atoms with van der Waals surface area (Å²) < 4.78 is 5.42. The van der Waals surface area contributed by atoms with Gasteiger partial charge in [-0.15, -0.1) is 0 Å². The summed E-state index contributed by atoms with van der Waals surface area (Å²) in [4.78, 5) is 6.62. The number of rotatable bonds is 6. The van der Waals surface area contributed by atoms with Crippen LogP contribution in [-0.4, -0.2) is 38.3 Å². The second kappa shape index (κ2) is 7.46. The molecule has 0 aromatic carbocycles. The standard InChI is InChI=1S/C15H25N3O/c1-3-16-10-14-4-7-17-11-15(14)18(2)12-13-5-8-19-9-6-13/h4,7,11,13,16H,3,5-6,8-10,12H2,1-2H3. The number of anilines is 1. The van der Waals surface area contributed by atoms with Gasteiger partial charge in [0.2, 0.25) is 0 Å². The molecule has 0 aliphatic carbocycles. The third kappa shape index (κ3) is 4.18. The van der Waals surface area contributed by atoms with Gasteiger partial charge in [-0.3, -0.25) is 4.98 Å². The van der Waals surface area contributed by atoms with Crippen LogP contribution in [0.3, 0.4) is 0 Å². The van der Waals surface area contributed by atoms with Crippen LogP contribution in [0.25, 0.3) is 0 Å². The van der Waals surface area contributed by atoms with E-state index >= 15 is 0 Å². The first-order chi connectivity index (χ1) is 9.31. The smallest absolute Gasteiger partial charge is 0.0595 e. The van der Waals surface area contributed by atoms with Crippen molar-refractivity contribution in [3.63, 3.8) is 0 Å². The van der Waals surface area contributed by atoms with Crippen molar-refractivity contribution in [2.24, 2.45) is 5.92 Å². The first kappa shape index (κ1) is 14.3. The molecular weight excluding hydrogens is 238 g/mol. The lowest BCUT2D eigenvalue weighted by Gasteiger charge is -2.29. The number of ether oxygens (including phenoxy) is 1. The fourth-order valence-corrected chi connectivity index (χ4v) is 2.58. The van der Waals surface area contributed by atoms with Crippen molar-refractivity contribution in [1.29, 1.82) is 0 Å². The van der Waals surface area contributed by atoms with Crippen molar-refractivity contribution in [2.75, 3.05) is 38.3 Å². The zero-order chi connectivity index (χ0) is 13.5. The van der Waals surface area contributed by atoms with Gasteiger partial charge in [-0.05, 0) is 36.9 Å². The van der Waals surface area contributed by atoms with Gasteiger partial charge in [0.05, 0.1) is 11.9 Å². The molecule has 0 bridgehead atoms. The predicted octanol–water partition coefficient (Wildman–Crippen LogP) is 2.05. The van der Waals surface area contributed by atoms with Gasteiger partial charge in [-0.2, -0.15) is 0 Å². The Labute approximate surface area is 116 Å². The average molecular weight is 263 g/mol. The summed E-state index contributed by atoms with van der Waals surface area (Å²) in [6, 6.07) is 2.11. The first-order valence-corrected chi connectivity index (χ1v) is 7.23. The summed E-state index contributed by atoms with van der Waals surface area (Å²) >= 11 is 0. The Morgan fingerprint density at radius 2 is 2.21 bits per heavy atom. The van der Waals surface area contributed by atoms with E-state index in [2.05, 4.69) is 35.2 Å². The van der Waals surface area contributed by atoms with Gasteiger partial charge in [-0.25, -0.2) is 0 Å². The summed E-state index contributed by atoms with van der Waals surface area (Å²) in [6.07, 6.45) is 6.20. The maximum atomic E-state index is 5.42. The molecule has 4 nitrogen and oxygen atoms in total. The van der Waals surface area contributed by atoms with Crippen molar-refractivity contribution < 1.29 is 4.74 Å². The molecule has 0 atom stereocenters. The number of pyridine rings is 1. The van der Waals surface area contributed by atoms with Gasteiger partial charge in [0.15, 0.2) is 0 Å². The van der Waals surface area contributed by atoms with E-state index in [-0.39, 0.29) is 0 Å². The summed E-state index contributed by atoms with van der Waals surface area (Å²) in [5.74, 6) is 0.742. The van der Waals surface area contributed by atoms with Crippen molar-refractivity contribution in [1.82, 2.24) is 10.3 Å². The monoisotopic (exact) mass is 263 g/mol. The fraction of sp³-hybridized carbons (Fsp3) is 0.667. The molecule has 0 radical (unpaired) electrons. The van der Waals surface area contributed by atoms with Gasteiger partial charge in [0, 0.05) is 39.5 Å². The topological polar surface area (TPSA) is 37.4 Å². The van der Waals surface area contributed by atoms with Gasteiger partial charge < -0.3 is 15.0 Å². The van der Waals surface area contributed by atoms with E-state index in [4.69, 9.17) is 4.74 Å². The highest BCUT2D eigenvalue weighted by Gasteiger charge is 2.17. The van der Waals surface area contributed by atoms with Crippen LogP contribution in [0.15, 0.2) is 18.5 Å². The van der Waals surface area contributed by atoms with E-state index < -0.39 is 0 Å². The van der Waals surface area contributed by atoms with Crippen LogP contribution < -0.4 is 10.2 Å². The van der Waals surface area contributed by atoms with E-state index in [0.29, 0.717) is 0 Å². The average Bonchev–Trinajstić information content (AvgIpc) is 2.46. The van der Waals surface area contributed by atoms with Crippen LogP contribution in [0.1, 0.15) is 25.3 Å². The number of hydrogen-bond donors (Lipinski definition) is 1. The zero-order valence-electron chi connectivity index (χ0n) is 12.1. The van der Waals surface area contributed by atoms with Gasteiger partial charge in [-0.1, -0.05) is 6.92 Å². The lowest BCUT2D eigenvalue weighted by atomic mass is 9.99. The molecule has 0 amide bonds. The largest absolute Gasteiger partial charge is 0.381 e. The fourth-order valence-electron chi connectivity index (χ4n) is 2.58. The maximum absolute atomic E-state index is 5.42. The molecule has 4 heteroatoms. The Hall–Kier alpha value is -1.13. The lowest BCUT2D eigenvalue weighted by Crippen LogP contribution is -2.30. The normalized spacial score (nSPS) is 16.5. The Kier molecular flexibility index (Phi) is 5.61. The number of aromatic nitrogens is 1. The number of nitrogens with zero attached hydrogens (tertiary/aromatic N) is 2. The predicted molar refractivity (Wildman–Crippen MR) is 78.4 cm³/mol. The first-order valence-electron chi connectivity index (χ1n) is 7.23. The van der Waals surface area contributed by atoms with Crippen molar-refractivity contribution in [2.45, 2.75) is 26.3 Å². The SMILES string of the molecule is CCNCc1ccncc1N(C)CC1CCOCC1. The Balaban J connectivity index is 1.98. The van der Waals surface area contributed by atoms with E-state index in [1.165, 1.54) is 24.1 Å². The molecule has 2 heterocycles. The molecule has 1 aliphatic heterocycles. The van der Waals surface area contributed by atoms with Gasteiger partial charge >= 0.3 is 0 Å². The summed E-state index contributed by atoms with van der Waals surface area (Å²) in [5.41, 5.74) is 2.57. The third-order valence-electron chi connectivity index (χ3n) is 3.74. The molecule has 106 valence electrons. The van der Waals surface area contributed by atoms with Crippen LogP contribution in [0.2, 0.25) is 0 Å². The van der Waals surface area contributed by atoms with E-state index in [1.54, 1.807) is 0 Å². The van der Waals surface area contributed by atoms with Crippen LogP contribution >= 0.6 is 0 Å². The second-order valence-corrected chi connectivity index (χ2v) is 5.22. The molecule has 0 spiro atoms. The molecule has 1 aromatic heterocycles. The van der Waals surface area contributed by atoms with Crippen LogP contribution in [0.5, 0.6) is 0 Å². The van der Waals surface area contributed by atoms with Crippen molar-refractivity contribution in [3.8, 4) is 0 Å². The zero-order valence-corrected chi connectivity index (χ0v) is 12.1. The highest BCUT2D eigenvalue weighted by Crippen LogP contribution is 2.22. The third-order valence-corrected chi connectivity index (χ3v) is 3.74. The van der Waals surface area contributed by atoms with Crippen molar-refractivity contribution >= 4 is 5.69 Å². The molecule has 1 fully saturated rings. The summed E-state index contributed by atoms with van der Waals surface area (Å²) in [7, 11) is 2.17. The minimum atomic E-state index is 0.742. The van der Waals surface area contributed by atoms with E-state index in [9.17, 15) is 0 Å². The molecule has 0 unspecified atom stereocenters. The molecular formula is C15H25N3O. The summed E-state index contributed by atoms with van der Waals surface area (Å²) in [6.45, 7) is 6.95. The Morgan fingerprint density at radius 1 is 1.42 bits per heavy atom. The number of nitrogens with one attached hydrogen (secondary N) is 1. The Morgan fingerprint density at radius 3 is 2.95 bits per heavy atom. The summed E-state index contributed by atoms with van der Waals surface area (Å²) in [5, 5.41) is 3.39.